The lowest BCUT2D eigenvalue weighted by atomic mass is 10.0. The third-order valence-electron chi connectivity index (χ3n) is 5.68. The molecule has 1 saturated carbocycles. The maximum Gasteiger partial charge on any atom is 0.418 e. The molecular weight excluding hydrogens is 501 g/mol. The maximum absolute atomic E-state index is 13.6. The van der Waals surface area contributed by atoms with Crippen LogP contribution < -0.4 is 16.0 Å². The van der Waals surface area contributed by atoms with Crippen molar-refractivity contribution in [2.75, 3.05) is 17.2 Å². The summed E-state index contributed by atoms with van der Waals surface area (Å²) in [5.41, 5.74) is -0.0365. The van der Waals surface area contributed by atoms with Crippen molar-refractivity contribution in [1.82, 2.24) is 20.5 Å². The first-order valence-electron chi connectivity index (χ1n) is 11.0. The Morgan fingerprint density at radius 2 is 2.03 bits per heavy atom. The van der Waals surface area contributed by atoms with Gasteiger partial charge in [0.1, 0.15) is 0 Å². The molecule has 2 aromatic carbocycles. The number of alkyl halides is 3. The van der Waals surface area contributed by atoms with E-state index in [4.69, 9.17) is 11.6 Å². The van der Waals surface area contributed by atoms with Crippen LogP contribution in [-0.4, -0.2) is 39.2 Å². The summed E-state index contributed by atoms with van der Waals surface area (Å²) in [7, 11) is 0. The fraction of sp³-hybridized carbons (Fsp3) is 0.348. The predicted molar refractivity (Wildman–Crippen MR) is 132 cm³/mol. The third kappa shape index (κ3) is 5.01. The zero-order valence-corrected chi connectivity index (χ0v) is 20.4. The molecular formula is C23H22ClF3N6OS. The minimum absolute atomic E-state index is 0.103. The number of amides is 1. The van der Waals surface area contributed by atoms with Gasteiger partial charge >= 0.3 is 6.18 Å². The number of hydrogen-bond donors (Lipinski definition) is 4. The molecule has 1 amide bonds. The van der Waals surface area contributed by atoms with Crippen LogP contribution in [0.2, 0.25) is 5.02 Å². The molecule has 4 N–H and O–H groups in total. The molecule has 0 unspecified atom stereocenters. The average Bonchev–Trinajstić information content (AvgIpc) is 3.29. The highest BCUT2D eigenvalue weighted by molar-refractivity contribution is 7.23. The first-order chi connectivity index (χ1) is 16.5. The zero-order valence-electron chi connectivity index (χ0n) is 18.8. The van der Waals surface area contributed by atoms with Gasteiger partial charge in [-0.15, -0.1) is 0 Å². The van der Waals surface area contributed by atoms with E-state index in [9.17, 15) is 18.0 Å². The fourth-order valence-corrected chi connectivity index (χ4v) is 4.98. The number of fused-ring (bicyclic) bond motifs is 3. The Labute approximate surface area is 207 Å². The quantitative estimate of drug-likeness (QED) is 0.237. The molecule has 1 aliphatic rings. The van der Waals surface area contributed by atoms with Crippen LogP contribution in [0.25, 0.3) is 21.1 Å². The molecule has 0 radical (unpaired) electrons. The summed E-state index contributed by atoms with van der Waals surface area (Å²) in [6, 6.07) is 6.39. The molecule has 35 heavy (non-hydrogen) atoms. The molecule has 0 saturated heterocycles. The summed E-state index contributed by atoms with van der Waals surface area (Å²) in [5, 5.41) is 17.3. The normalized spacial score (nSPS) is 14.5. The van der Waals surface area contributed by atoms with Crippen molar-refractivity contribution in [3.63, 3.8) is 0 Å². The van der Waals surface area contributed by atoms with Crippen molar-refractivity contribution in [2.24, 2.45) is 0 Å². The summed E-state index contributed by atoms with van der Waals surface area (Å²) < 4.78 is 41.3. The maximum atomic E-state index is 13.6. The highest BCUT2D eigenvalue weighted by atomic mass is 35.5. The van der Waals surface area contributed by atoms with Gasteiger partial charge in [-0.25, -0.2) is 4.98 Å². The van der Waals surface area contributed by atoms with Crippen molar-refractivity contribution in [3.05, 3.63) is 46.6 Å². The smallest absolute Gasteiger partial charge is 0.378 e. The minimum atomic E-state index is -4.54. The summed E-state index contributed by atoms with van der Waals surface area (Å²) in [5.74, 6) is -0.211. The van der Waals surface area contributed by atoms with Crippen LogP contribution in [-0.2, 0) is 6.18 Å². The van der Waals surface area contributed by atoms with Crippen LogP contribution in [0.4, 0.5) is 24.0 Å². The molecule has 1 fully saturated rings. The minimum Gasteiger partial charge on any atom is -0.378 e. The number of aromatic amines is 1. The van der Waals surface area contributed by atoms with Gasteiger partial charge in [-0.3, -0.25) is 9.89 Å². The molecule has 184 valence electrons. The number of carbonyl (C=O) groups is 1. The van der Waals surface area contributed by atoms with Crippen molar-refractivity contribution in [2.45, 2.75) is 44.4 Å². The predicted octanol–water partition coefficient (Wildman–Crippen LogP) is 6.04. The van der Waals surface area contributed by atoms with Gasteiger partial charge in [0.15, 0.2) is 5.13 Å². The van der Waals surface area contributed by atoms with Gasteiger partial charge in [-0.05, 0) is 51.0 Å². The van der Waals surface area contributed by atoms with Gasteiger partial charge in [0.2, 0.25) is 0 Å². The second kappa shape index (κ2) is 8.56. The van der Waals surface area contributed by atoms with Gasteiger partial charge in [0, 0.05) is 29.2 Å². The summed E-state index contributed by atoms with van der Waals surface area (Å²) in [6.07, 6.45) is -1.09. The van der Waals surface area contributed by atoms with Gasteiger partial charge in [0.25, 0.3) is 5.91 Å². The van der Waals surface area contributed by atoms with Crippen molar-refractivity contribution >= 4 is 60.8 Å². The largest absolute Gasteiger partial charge is 0.418 e. The van der Waals surface area contributed by atoms with Crippen molar-refractivity contribution in [3.8, 4) is 0 Å². The number of nitrogens with zero attached hydrogens (tertiary/aromatic N) is 2. The Morgan fingerprint density at radius 3 is 2.74 bits per heavy atom. The third-order valence-corrected chi connectivity index (χ3v) is 7.05. The molecule has 0 aliphatic heterocycles. The van der Waals surface area contributed by atoms with Crippen LogP contribution in [0, 0.1) is 0 Å². The highest BCUT2D eigenvalue weighted by Crippen LogP contribution is 2.41. The van der Waals surface area contributed by atoms with E-state index in [1.54, 1.807) is 18.2 Å². The molecule has 2 aromatic heterocycles. The summed E-state index contributed by atoms with van der Waals surface area (Å²) in [4.78, 5) is 16.7. The van der Waals surface area contributed by atoms with E-state index in [0.717, 1.165) is 30.2 Å². The fourth-order valence-electron chi connectivity index (χ4n) is 3.78. The van der Waals surface area contributed by atoms with E-state index < -0.39 is 17.3 Å². The Morgan fingerprint density at radius 1 is 1.26 bits per heavy atom. The molecule has 12 heteroatoms. The second-order valence-electron chi connectivity index (χ2n) is 9.25. The van der Waals surface area contributed by atoms with E-state index in [1.165, 1.54) is 6.20 Å². The molecule has 4 aromatic rings. The lowest BCUT2D eigenvalue weighted by Crippen LogP contribution is -2.38. The lowest BCUT2D eigenvalue weighted by molar-refractivity contribution is -0.136. The number of carbonyl (C=O) groups excluding carboxylic acids is 1. The monoisotopic (exact) mass is 522 g/mol. The Kier molecular flexibility index (Phi) is 5.79. The number of nitrogens with one attached hydrogen (secondary N) is 4. The number of halogens is 4. The van der Waals surface area contributed by atoms with Crippen LogP contribution in [0.3, 0.4) is 0 Å². The number of anilines is 2. The zero-order chi connectivity index (χ0) is 25.0. The van der Waals surface area contributed by atoms with Gasteiger partial charge in [0.05, 0.1) is 38.1 Å². The van der Waals surface area contributed by atoms with E-state index in [1.807, 2.05) is 13.8 Å². The molecule has 0 atom stereocenters. The number of aromatic nitrogens is 3. The van der Waals surface area contributed by atoms with Crippen LogP contribution in [0.15, 0.2) is 30.5 Å². The molecule has 2 heterocycles. The van der Waals surface area contributed by atoms with Crippen LogP contribution in [0.1, 0.15) is 42.6 Å². The van der Waals surface area contributed by atoms with E-state index in [2.05, 4.69) is 31.1 Å². The standard InChI is InChI=1S/C23H22ClF3N6OS/c1-22(2,32-12-5-6-16(24)13(7-12)20(34)30-11-3-4-11)10-28-21-31-18-15(23(25,26)27)8-17-14(9-29-33-17)19(18)35-21/h5-9,11,32H,3-4,10H2,1-2H3,(H,28,31)(H,29,33)(H,30,34). The number of rotatable bonds is 7. The molecule has 1 aliphatic carbocycles. The summed E-state index contributed by atoms with van der Waals surface area (Å²) in [6.45, 7) is 4.22. The van der Waals surface area contributed by atoms with Gasteiger partial charge in [-0.1, -0.05) is 22.9 Å². The number of H-pyrrole nitrogens is 1. The van der Waals surface area contributed by atoms with Crippen molar-refractivity contribution in [1.29, 1.82) is 0 Å². The molecule has 7 nitrogen and oxygen atoms in total. The highest BCUT2D eigenvalue weighted by Gasteiger charge is 2.35. The molecule has 0 bridgehead atoms. The summed E-state index contributed by atoms with van der Waals surface area (Å²) >= 11 is 7.38. The van der Waals surface area contributed by atoms with E-state index in [0.29, 0.717) is 43.6 Å². The van der Waals surface area contributed by atoms with Crippen LogP contribution in [0.5, 0.6) is 0 Å². The van der Waals surface area contributed by atoms with E-state index >= 15 is 0 Å². The second-order valence-corrected chi connectivity index (χ2v) is 10.7. The van der Waals surface area contributed by atoms with E-state index in [-0.39, 0.29) is 17.5 Å². The van der Waals surface area contributed by atoms with Gasteiger partial charge < -0.3 is 16.0 Å². The number of benzene rings is 2. The van der Waals surface area contributed by atoms with Crippen LogP contribution >= 0.6 is 22.9 Å². The first kappa shape index (κ1) is 23.7. The Bertz CT molecular complexity index is 1430. The lowest BCUT2D eigenvalue weighted by Gasteiger charge is -2.28. The van der Waals surface area contributed by atoms with Gasteiger partial charge in [-0.2, -0.15) is 18.3 Å². The number of hydrogen-bond acceptors (Lipinski definition) is 6. The topological polar surface area (TPSA) is 94.7 Å². The van der Waals surface area contributed by atoms with Crippen molar-refractivity contribution < 1.29 is 18.0 Å². The SMILES string of the molecule is CC(C)(CNc1nc2c(C(F)(F)F)cc3[nH]ncc3c2s1)Nc1ccc(Cl)c(C(=O)NC2CC2)c1. The molecule has 5 rings (SSSR count). The first-order valence-corrected chi connectivity index (χ1v) is 12.2. The Hall–Kier alpha value is -3.05. The average molecular weight is 523 g/mol. The Balaban J connectivity index is 1.34. The number of thiazole rings is 1. The molecule has 0 spiro atoms.